The van der Waals surface area contributed by atoms with Crippen LogP contribution in [0.2, 0.25) is 0 Å². The minimum atomic E-state index is -3.79. The summed E-state index contributed by atoms with van der Waals surface area (Å²) in [4.78, 5) is 8.29. The lowest BCUT2D eigenvalue weighted by Crippen LogP contribution is -2.42. The Morgan fingerprint density at radius 3 is 2.80 bits per heavy atom. The number of aromatic nitrogens is 3. The maximum Gasteiger partial charge on any atom is 0.279 e. The van der Waals surface area contributed by atoms with Crippen LogP contribution in [0.1, 0.15) is 32.2 Å². The maximum absolute atomic E-state index is 12.4. The van der Waals surface area contributed by atoms with Crippen LogP contribution in [0.4, 0.5) is 0 Å². The summed E-state index contributed by atoms with van der Waals surface area (Å²) in [6.45, 7) is 3.79. The SMILES string of the molecule is CC(C)C(NS(=O)(=O)N(C)CCC#N)c1nc(-c2cccnc2)no1. The van der Waals surface area contributed by atoms with Gasteiger partial charge < -0.3 is 4.52 Å². The van der Waals surface area contributed by atoms with Crippen LogP contribution in [0, 0.1) is 17.2 Å². The quantitative estimate of drug-likeness (QED) is 0.752. The summed E-state index contributed by atoms with van der Waals surface area (Å²) >= 11 is 0. The van der Waals surface area contributed by atoms with E-state index >= 15 is 0 Å². The van der Waals surface area contributed by atoms with E-state index in [1.165, 1.54) is 7.05 Å². The van der Waals surface area contributed by atoms with Crippen molar-refractivity contribution in [3.63, 3.8) is 0 Å². The summed E-state index contributed by atoms with van der Waals surface area (Å²) in [5.41, 5.74) is 0.675. The van der Waals surface area contributed by atoms with E-state index in [0.717, 1.165) is 4.31 Å². The third-order valence-electron chi connectivity index (χ3n) is 3.52. The number of nitriles is 1. The lowest BCUT2D eigenvalue weighted by atomic mass is 10.1. The summed E-state index contributed by atoms with van der Waals surface area (Å²) in [5.74, 6) is 0.387. The molecule has 0 saturated heterocycles. The van der Waals surface area contributed by atoms with Crippen molar-refractivity contribution in [1.82, 2.24) is 24.2 Å². The highest BCUT2D eigenvalue weighted by Crippen LogP contribution is 2.24. The van der Waals surface area contributed by atoms with Gasteiger partial charge in [-0.15, -0.1) is 0 Å². The Labute approximate surface area is 146 Å². The molecule has 0 aliphatic carbocycles. The average molecular weight is 364 g/mol. The smallest absolute Gasteiger partial charge is 0.279 e. The highest BCUT2D eigenvalue weighted by Gasteiger charge is 2.29. The number of pyridine rings is 1. The van der Waals surface area contributed by atoms with Gasteiger partial charge in [-0.25, -0.2) is 0 Å². The molecule has 10 heteroatoms. The monoisotopic (exact) mass is 364 g/mol. The third-order valence-corrected chi connectivity index (χ3v) is 5.07. The molecular weight excluding hydrogens is 344 g/mol. The van der Waals surface area contributed by atoms with Crippen molar-refractivity contribution in [3.8, 4) is 17.5 Å². The molecule has 0 radical (unpaired) electrons. The molecule has 2 rings (SSSR count). The second-order valence-electron chi connectivity index (χ2n) is 5.77. The molecule has 2 heterocycles. The van der Waals surface area contributed by atoms with Gasteiger partial charge in [-0.05, 0) is 18.1 Å². The van der Waals surface area contributed by atoms with E-state index in [-0.39, 0.29) is 24.8 Å². The molecule has 134 valence electrons. The van der Waals surface area contributed by atoms with E-state index < -0.39 is 16.3 Å². The average Bonchev–Trinajstić information content (AvgIpc) is 3.07. The minimum absolute atomic E-state index is 0.0986. The van der Waals surface area contributed by atoms with Crippen LogP contribution in [0.25, 0.3) is 11.4 Å². The van der Waals surface area contributed by atoms with E-state index in [9.17, 15) is 8.42 Å². The highest BCUT2D eigenvalue weighted by atomic mass is 32.2. The number of nitrogens with one attached hydrogen (secondary N) is 1. The lowest BCUT2D eigenvalue weighted by Gasteiger charge is -2.22. The van der Waals surface area contributed by atoms with Crippen LogP contribution in [-0.2, 0) is 10.2 Å². The predicted octanol–water partition coefficient (Wildman–Crippen LogP) is 1.51. The molecule has 1 unspecified atom stereocenters. The Morgan fingerprint density at radius 2 is 2.20 bits per heavy atom. The highest BCUT2D eigenvalue weighted by molar-refractivity contribution is 7.87. The zero-order valence-electron chi connectivity index (χ0n) is 14.2. The molecule has 1 N–H and O–H groups in total. The number of hydrogen-bond donors (Lipinski definition) is 1. The number of hydrogen-bond acceptors (Lipinski definition) is 7. The van der Waals surface area contributed by atoms with Crippen molar-refractivity contribution in [1.29, 1.82) is 5.26 Å². The van der Waals surface area contributed by atoms with Crippen molar-refractivity contribution in [2.24, 2.45) is 5.92 Å². The zero-order chi connectivity index (χ0) is 18.4. The molecule has 0 aliphatic rings. The van der Waals surface area contributed by atoms with Gasteiger partial charge >= 0.3 is 0 Å². The van der Waals surface area contributed by atoms with Gasteiger partial charge in [0.25, 0.3) is 10.2 Å². The zero-order valence-corrected chi connectivity index (χ0v) is 15.1. The standard InChI is InChI=1S/C15H20N6O3S/c1-11(2)13(20-25(22,23)21(3)9-5-7-16)15-18-14(19-24-15)12-6-4-8-17-10-12/h4,6,8,10-11,13,20H,5,9H2,1-3H3. The molecule has 2 aromatic rings. The van der Waals surface area contributed by atoms with E-state index in [2.05, 4.69) is 19.8 Å². The Balaban J connectivity index is 2.22. The van der Waals surface area contributed by atoms with Crippen molar-refractivity contribution in [2.45, 2.75) is 26.3 Å². The first kappa shape index (κ1) is 19.0. The Morgan fingerprint density at radius 1 is 1.44 bits per heavy atom. The van der Waals surface area contributed by atoms with Gasteiger partial charge in [0, 0.05) is 38.0 Å². The van der Waals surface area contributed by atoms with Gasteiger partial charge in [0.15, 0.2) is 0 Å². The summed E-state index contributed by atoms with van der Waals surface area (Å²) in [6.07, 6.45) is 3.33. The fraction of sp³-hybridized carbons (Fsp3) is 0.467. The van der Waals surface area contributed by atoms with E-state index in [1.54, 1.807) is 24.5 Å². The van der Waals surface area contributed by atoms with Gasteiger partial charge in [-0.3, -0.25) is 4.98 Å². The summed E-state index contributed by atoms with van der Waals surface area (Å²) < 4.78 is 33.7. The maximum atomic E-state index is 12.4. The van der Waals surface area contributed by atoms with Crippen molar-refractivity contribution < 1.29 is 12.9 Å². The van der Waals surface area contributed by atoms with Crippen LogP contribution >= 0.6 is 0 Å². The number of rotatable bonds is 8. The first-order chi connectivity index (χ1) is 11.8. The fourth-order valence-electron chi connectivity index (χ4n) is 2.02. The molecular formula is C15H20N6O3S. The van der Waals surface area contributed by atoms with Crippen LogP contribution in [-0.4, -0.2) is 41.4 Å². The molecule has 0 spiro atoms. The molecule has 0 fully saturated rings. The molecule has 2 aromatic heterocycles. The van der Waals surface area contributed by atoms with Gasteiger partial charge in [-0.1, -0.05) is 19.0 Å². The van der Waals surface area contributed by atoms with Crippen LogP contribution < -0.4 is 4.72 Å². The van der Waals surface area contributed by atoms with Crippen LogP contribution in [0.5, 0.6) is 0 Å². The molecule has 0 amide bonds. The van der Waals surface area contributed by atoms with Crippen LogP contribution in [0.15, 0.2) is 29.0 Å². The Bertz CT molecular complexity index is 828. The van der Waals surface area contributed by atoms with Crippen LogP contribution in [0.3, 0.4) is 0 Å². The molecule has 0 bridgehead atoms. The first-order valence-electron chi connectivity index (χ1n) is 7.69. The lowest BCUT2D eigenvalue weighted by molar-refractivity contribution is 0.307. The van der Waals surface area contributed by atoms with E-state index in [1.807, 2.05) is 19.9 Å². The molecule has 0 aromatic carbocycles. The largest absolute Gasteiger partial charge is 0.337 e. The van der Waals surface area contributed by atoms with Crippen molar-refractivity contribution in [3.05, 3.63) is 30.4 Å². The summed E-state index contributed by atoms with van der Waals surface area (Å²) in [6, 6.07) is 4.76. The molecule has 1 atom stereocenters. The summed E-state index contributed by atoms with van der Waals surface area (Å²) in [7, 11) is -2.38. The minimum Gasteiger partial charge on any atom is -0.337 e. The Hall–Kier alpha value is -2.35. The molecule has 25 heavy (non-hydrogen) atoms. The summed E-state index contributed by atoms with van der Waals surface area (Å²) in [5, 5.41) is 12.5. The van der Waals surface area contributed by atoms with Gasteiger partial charge in [-0.2, -0.15) is 27.7 Å². The molecule has 0 saturated carbocycles. The van der Waals surface area contributed by atoms with Gasteiger partial charge in [0.1, 0.15) is 6.04 Å². The Kier molecular flexibility index (Phi) is 6.19. The molecule has 9 nitrogen and oxygen atoms in total. The van der Waals surface area contributed by atoms with Gasteiger partial charge in [0.05, 0.1) is 6.07 Å². The van der Waals surface area contributed by atoms with Gasteiger partial charge in [0.2, 0.25) is 11.7 Å². The fourth-order valence-corrected chi connectivity index (χ4v) is 3.23. The van der Waals surface area contributed by atoms with E-state index in [4.69, 9.17) is 9.78 Å². The second-order valence-corrected chi connectivity index (χ2v) is 7.58. The third kappa shape index (κ3) is 4.82. The predicted molar refractivity (Wildman–Crippen MR) is 90.0 cm³/mol. The topological polar surface area (TPSA) is 125 Å². The first-order valence-corrected chi connectivity index (χ1v) is 9.13. The molecule has 0 aliphatic heterocycles. The van der Waals surface area contributed by atoms with Crippen molar-refractivity contribution in [2.75, 3.05) is 13.6 Å². The number of nitrogens with zero attached hydrogens (tertiary/aromatic N) is 5. The normalized spacial score (nSPS) is 13.1. The van der Waals surface area contributed by atoms with E-state index in [0.29, 0.717) is 11.4 Å². The van der Waals surface area contributed by atoms with Crippen molar-refractivity contribution >= 4 is 10.2 Å². The second kappa shape index (κ2) is 8.15.